The first-order chi connectivity index (χ1) is 13.9. The van der Waals surface area contributed by atoms with Crippen molar-refractivity contribution in [2.75, 3.05) is 5.32 Å². The number of hydrogen-bond donors (Lipinski definition) is 2. The Labute approximate surface area is 172 Å². The van der Waals surface area contributed by atoms with Crippen molar-refractivity contribution in [3.05, 3.63) is 69.7 Å². The van der Waals surface area contributed by atoms with Crippen molar-refractivity contribution in [1.29, 1.82) is 0 Å². The molecule has 2 N–H and O–H groups in total. The van der Waals surface area contributed by atoms with Crippen LogP contribution in [0.2, 0.25) is 5.02 Å². The third-order valence-corrected chi connectivity index (χ3v) is 4.50. The molecule has 1 amide bonds. The lowest BCUT2D eigenvalue weighted by molar-refractivity contribution is -0.153. The van der Waals surface area contributed by atoms with Crippen LogP contribution in [0, 0.1) is 0 Å². The minimum atomic E-state index is -0.934. The van der Waals surface area contributed by atoms with Crippen molar-refractivity contribution in [2.24, 2.45) is 0 Å². The van der Waals surface area contributed by atoms with Crippen LogP contribution in [0.4, 0.5) is 5.69 Å². The van der Waals surface area contributed by atoms with Crippen LogP contribution in [0.25, 0.3) is 10.9 Å². The molecule has 150 valence electrons. The van der Waals surface area contributed by atoms with E-state index in [9.17, 15) is 14.4 Å². The summed E-state index contributed by atoms with van der Waals surface area (Å²) < 4.78 is 5.17. The number of carbonyl (C=O) groups excluding carboxylic acids is 2. The van der Waals surface area contributed by atoms with Gasteiger partial charge < -0.3 is 15.0 Å². The van der Waals surface area contributed by atoms with Gasteiger partial charge in [0, 0.05) is 23.6 Å². The van der Waals surface area contributed by atoms with E-state index in [4.69, 9.17) is 16.3 Å². The molecule has 7 nitrogen and oxygen atoms in total. The number of hydrogen-bond acceptors (Lipinski definition) is 5. The summed E-state index contributed by atoms with van der Waals surface area (Å²) in [5.74, 6) is -0.414. The number of fused-ring (bicyclic) bond motifs is 1. The van der Waals surface area contributed by atoms with E-state index in [0.29, 0.717) is 40.3 Å². The normalized spacial score (nSPS) is 11.8. The summed E-state index contributed by atoms with van der Waals surface area (Å²) in [5.41, 5.74) is 0.968. The highest BCUT2D eigenvalue weighted by atomic mass is 35.5. The first-order valence-electron chi connectivity index (χ1n) is 9.16. The molecule has 0 saturated carbocycles. The molecule has 8 heteroatoms. The number of amides is 1. The standard InChI is InChI=1S/C21H20ClN3O4/c1-13(20(27)23-15-11-9-14(22)10-12-15)29-19(26)8-4-7-18-24-17-6-3-2-5-16(17)21(28)25-18/h2-3,5-6,9-13H,4,7-8H2,1H3,(H,23,27)(H,24,25,28)/t13-/m0/s1. The molecular formula is C21H20ClN3O4. The fourth-order valence-electron chi connectivity index (χ4n) is 2.74. The monoisotopic (exact) mass is 413 g/mol. The van der Waals surface area contributed by atoms with E-state index in [1.807, 2.05) is 6.07 Å². The van der Waals surface area contributed by atoms with Gasteiger partial charge >= 0.3 is 5.97 Å². The second-order valence-electron chi connectivity index (χ2n) is 6.51. The average molecular weight is 414 g/mol. The molecule has 29 heavy (non-hydrogen) atoms. The molecule has 1 atom stereocenters. The molecular weight excluding hydrogens is 394 g/mol. The molecule has 0 spiro atoms. The Balaban J connectivity index is 1.47. The summed E-state index contributed by atoms with van der Waals surface area (Å²) in [6.45, 7) is 1.51. The van der Waals surface area contributed by atoms with Gasteiger partial charge in [-0.15, -0.1) is 0 Å². The number of esters is 1. The van der Waals surface area contributed by atoms with Crippen LogP contribution in [-0.2, 0) is 20.7 Å². The van der Waals surface area contributed by atoms with E-state index in [2.05, 4.69) is 15.3 Å². The third-order valence-electron chi connectivity index (χ3n) is 4.25. The van der Waals surface area contributed by atoms with E-state index >= 15 is 0 Å². The van der Waals surface area contributed by atoms with Crippen LogP contribution in [-0.4, -0.2) is 27.9 Å². The molecule has 0 unspecified atom stereocenters. The van der Waals surface area contributed by atoms with Gasteiger partial charge in [0.1, 0.15) is 5.82 Å². The van der Waals surface area contributed by atoms with Gasteiger partial charge in [-0.3, -0.25) is 14.4 Å². The van der Waals surface area contributed by atoms with Gasteiger partial charge in [-0.2, -0.15) is 0 Å². The van der Waals surface area contributed by atoms with Crippen molar-refractivity contribution in [1.82, 2.24) is 9.97 Å². The number of aryl methyl sites for hydroxylation is 1. The lowest BCUT2D eigenvalue weighted by atomic mass is 10.2. The Morgan fingerprint density at radius 2 is 1.90 bits per heavy atom. The van der Waals surface area contributed by atoms with Crippen molar-refractivity contribution in [3.63, 3.8) is 0 Å². The van der Waals surface area contributed by atoms with Crippen LogP contribution in [0.5, 0.6) is 0 Å². The molecule has 3 aromatic rings. The number of para-hydroxylation sites is 1. The van der Waals surface area contributed by atoms with Gasteiger partial charge in [0.15, 0.2) is 6.10 Å². The number of nitrogens with zero attached hydrogens (tertiary/aromatic N) is 1. The van der Waals surface area contributed by atoms with Crippen LogP contribution in [0.15, 0.2) is 53.3 Å². The zero-order chi connectivity index (χ0) is 20.8. The molecule has 0 radical (unpaired) electrons. The number of H-pyrrole nitrogens is 1. The fraction of sp³-hybridized carbons (Fsp3) is 0.238. The second-order valence-corrected chi connectivity index (χ2v) is 6.95. The minimum Gasteiger partial charge on any atom is -0.453 e. The number of rotatable bonds is 7. The molecule has 0 aliphatic heterocycles. The molecule has 0 aliphatic rings. The summed E-state index contributed by atoms with van der Waals surface area (Å²) in [5, 5.41) is 3.74. The van der Waals surface area contributed by atoms with Gasteiger partial charge in [-0.05, 0) is 49.7 Å². The SMILES string of the molecule is C[C@H](OC(=O)CCCc1nc2ccccc2c(=O)[nH]1)C(=O)Nc1ccc(Cl)cc1. The Morgan fingerprint density at radius 1 is 1.17 bits per heavy atom. The smallest absolute Gasteiger partial charge is 0.306 e. The molecule has 0 aliphatic carbocycles. The number of anilines is 1. The van der Waals surface area contributed by atoms with Gasteiger partial charge in [0.25, 0.3) is 11.5 Å². The van der Waals surface area contributed by atoms with E-state index in [-0.39, 0.29) is 12.0 Å². The Bertz CT molecular complexity index is 1080. The van der Waals surface area contributed by atoms with E-state index in [0.717, 1.165) is 0 Å². The highest BCUT2D eigenvalue weighted by molar-refractivity contribution is 6.30. The summed E-state index contributed by atoms with van der Waals surface area (Å²) >= 11 is 5.80. The van der Waals surface area contributed by atoms with Crippen molar-refractivity contribution in [3.8, 4) is 0 Å². The number of aromatic amines is 1. The van der Waals surface area contributed by atoms with E-state index in [1.165, 1.54) is 6.92 Å². The van der Waals surface area contributed by atoms with Gasteiger partial charge in [-0.25, -0.2) is 4.98 Å². The summed E-state index contributed by atoms with van der Waals surface area (Å²) in [6.07, 6.45) is 0.0261. The molecule has 3 rings (SSSR count). The quantitative estimate of drug-likeness (QED) is 0.577. The van der Waals surface area contributed by atoms with Crippen LogP contribution >= 0.6 is 11.6 Å². The van der Waals surface area contributed by atoms with E-state index in [1.54, 1.807) is 42.5 Å². The van der Waals surface area contributed by atoms with Gasteiger partial charge in [0.05, 0.1) is 10.9 Å². The van der Waals surface area contributed by atoms with Crippen LogP contribution in [0.3, 0.4) is 0 Å². The Kier molecular flexibility index (Phi) is 6.61. The largest absolute Gasteiger partial charge is 0.453 e. The summed E-state index contributed by atoms with van der Waals surface area (Å²) in [7, 11) is 0. The number of nitrogens with one attached hydrogen (secondary N) is 2. The maximum Gasteiger partial charge on any atom is 0.306 e. The molecule has 0 fully saturated rings. The number of halogens is 1. The number of carbonyl (C=O) groups is 2. The number of benzene rings is 2. The van der Waals surface area contributed by atoms with Crippen LogP contribution < -0.4 is 10.9 Å². The minimum absolute atomic E-state index is 0.106. The highest BCUT2D eigenvalue weighted by Gasteiger charge is 2.18. The van der Waals surface area contributed by atoms with Gasteiger partial charge in [0.2, 0.25) is 0 Å². The Morgan fingerprint density at radius 3 is 2.66 bits per heavy atom. The predicted octanol–water partition coefficient (Wildman–Crippen LogP) is 3.47. The molecule has 1 aromatic heterocycles. The topological polar surface area (TPSA) is 101 Å². The predicted molar refractivity (Wildman–Crippen MR) is 111 cm³/mol. The van der Waals surface area contributed by atoms with Crippen molar-refractivity contribution >= 4 is 40.1 Å². The second kappa shape index (κ2) is 9.34. The highest BCUT2D eigenvalue weighted by Crippen LogP contribution is 2.14. The van der Waals surface area contributed by atoms with Crippen molar-refractivity contribution in [2.45, 2.75) is 32.3 Å². The molecule has 2 aromatic carbocycles. The average Bonchev–Trinajstić information content (AvgIpc) is 2.69. The first kappa shape index (κ1) is 20.5. The van der Waals surface area contributed by atoms with Crippen molar-refractivity contribution < 1.29 is 14.3 Å². The zero-order valence-electron chi connectivity index (χ0n) is 15.8. The number of ether oxygens (including phenoxy) is 1. The summed E-state index contributed by atoms with van der Waals surface area (Å²) in [4.78, 5) is 43.3. The third kappa shape index (κ3) is 5.65. The van der Waals surface area contributed by atoms with E-state index < -0.39 is 18.0 Å². The maximum absolute atomic E-state index is 12.1. The summed E-state index contributed by atoms with van der Waals surface area (Å²) in [6, 6.07) is 13.7. The lowest BCUT2D eigenvalue weighted by Gasteiger charge is -2.13. The Hall–Kier alpha value is -3.19. The molecule has 0 saturated heterocycles. The fourth-order valence-corrected chi connectivity index (χ4v) is 2.87. The number of aromatic nitrogens is 2. The lowest BCUT2D eigenvalue weighted by Crippen LogP contribution is -2.29. The van der Waals surface area contributed by atoms with Gasteiger partial charge in [-0.1, -0.05) is 23.7 Å². The maximum atomic E-state index is 12.1. The molecule has 1 heterocycles. The zero-order valence-corrected chi connectivity index (χ0v) is 16.5. The molecule has 0 bridgehead atoms. The first-order valence-corrected chi connectivity index (χ1v) is 9.54. The van der Waals surface area contributed by atoms with Crippen LogP contribution in [0.1, 0.15) is 25.6 Å².